The highest BCUT2D eigenvalue weighted by atomic mass is 32.1. The van der Waals surface area contributed by atoms with Gasteiger partial charge in [-0.3, -0.25) is 14.9 Å². The smallest absolute Gasteiger partial charge is 0.270 e. The normalized spacial score (nSPS) is 11.0. The molecule has 0 unspecified atom stereocenters. The molecule has 114 valence electrons. The molecule has 0 saturated carbocycles. The Labute approximate surface area is 135 Å². The van der Waals surface area contributed by atoms with Crippen LogP contribution in [0.1, 0.15) is 5.56 Å². The Kier molecular flexibility index (Phi) is 4.11. The summed E-state index contributed by atoms with van der Waals surface area (Å²) in [6, 6.07) is 11.6. The molecule has 0 radical (unpaired) electrons. The Morgan fingerprint density at radius 3 is 2.96 bits per heavy atom. The fourth-order valence-electron chi connectivity index (χ4n) is 2.03. The highest BCUT2D eigenvalue weighted by Crippen LogP contribution is 2.21. The molecule has 2 aromatic carbocycles. The number of nitro benzene ring substituents is 1. The van der Waals surface area contributed by atoms with E-state index < -0.39 is 4.92 Å². The van der Waals surface area contributed by atoms with E-state index in [4.69, 9.17) is 0 Å². The molecule has 0 fully saturated rings. The summed E-state index contributed by atoms with van der Waals surface area (Å²) in [4.78, 5) is 26.4. The molecule has 0 spiro atoms. The van der Waals surface area contributed by atoms with Crippen LogP contribution in [-0.4, -0.2) is 15.8 Å². The first-order valence-electron chi connectivity index (χ1n) is 6.68. The van der Waals surface area contributed by atoms with Crippen molar-refractivity contribution in [1.29, 1.82) is 0 Å². The van der Waals surface area contributed by atoms with E-state index in [0.29, 0.717) is 11.3 Å². The number of hydrogen-bond acceptors (Lipinski definition) is 5. The maximum atomic E-state index is 11.9. The van der Waals surface area contributed by atoms with E-state index in [2.05, 4.69) is 10.3 Å². The number of carbonyl (C=O) groups excluding carboxylic acids is 1. The number of fused-ring (bicyclic) bond motifs is 1. The molecule has 0 saturated heterocycles. The second-order valence-corrected chi connectivity index (χ2v) is 5.60. The Hall–Kier alpha value is -3.06. The number of hydrogen-bond donors (Lipinski definition) is 1. The zero-order valence-corrected chi connectivity index (χ0v) is 12.6. The molecule has 6 nitrogen and oxygen atoms in total. The van der Waals surface area contributed by atoms with Crippen molar-refractivity contribution >= 4 is 44.9 Å². The molecular weight excluding hydrogens is 314 g/mol. The summed E-state index contributed by atoms with van der Waals surface area (Å²) in [5, 5.41) is 13.5. The number of thiazole rings is 1. The monoisotopic (exact) mass is 325 g/mol. The minimum atomic E-state index is -0.472. The van der Waals surface area contributed by atoms with E-state index >= 15 is 0 Å². The fraction of sp³-hybridized carbons (Fsp3) is 0. The lowest BCUT2D eigenvalue weighted by Crippen LogP contribution is -2.07. The van der Waals surface area contributed by atoms with Gasteiger partial charge in [0.2, 0.25) is 5.91 Å². The number of amides is 1. The van der Waals surface area contributed by atoms with Crippen molar-refractivity contribution in [3.05, 3.63) is 69.7 Å². The number of benzene rings is 2. The fourth-order valence-corrected chi connectivity index (χ4v) is 2.69. The number of nitrogens with zero attached hydrogens (tertiary/aromatic N) is 2. The van der Waals surface area contributed by atoms with Gasteiger partial charge in [-0.25, -0.2) is 4.98 Å². The van der Waals surface area contributed by atoms with Gasteiger partial charge < -0.3 is 5.32 Å². The molecule has 1 heterocycles. The molecule has 0 aliphatic carbocycles. The van der Waals surface area contributed by atoms with Gasteiger partial charge in [-0.15, -0.1) is 11.3 Å². The minimum Gasteiger partial charge on any atom is -0.322 e. The van der Waals surface area contributed by atoms with Crippen molar-refractivity contribution < 1.29 is 9.72 Å². The van der Waals surface area contributed by atoms with Crippen LogP contribution in [0.2, 0.25) is 0 Å². The topological polar surface area (TPSA) is 85.1 Å². The number of carbonyl (C=O) groups is 1. The molecule has 0 aliphatic rings. The number of nitrogens with one attached hydrogen (secondary N) is 1. The Morgan fingerprint density at radius 2 is 2.13 bits per heavy atom. The van der Waals surface area contributed by atoms with Crippen LogP contribution in [0.3, 0.4) is 0 Å². The third-order valence-corrected chi connectivity index (χ3v) is 3.92. The first-order valence-corrected chi connectivity index (χ1v) is 7.56. The van der Waals surface area contributed by atoms with Crippen LogP contribution >= 0.6 is 11.3 Å². The molecule has 7 heteroatoms. The summed E-state index contributed by atoms with van der Waals surface area (Å²) in [7, 11) is 0. The first kappa shape index (κ1) is 14.9. The van der Waals surface area contributed by atoms with Gasteiger partial charge >= 0.3 is 0 Å². The van der Waals surface area contributed by atoms with E-state index in [1.54, 1.807) is 29.8 Å². The predicted molar refractivity (Wildman–Crippen MR) is 90.4 cm³/mol. The predicted octanol–water partition coefficient (Wildman–Crippen LogP) is 3.86. The lowest BCUT2D eigenvalue weighted by molar-refractivity contribution is -0.384. The summed E-state index contributed by atoms with van der Waals surface area (Å²) in [6.07, 6.45) is 2.87. The maximum absolute atomic E-state index is 11.9. The zero-order chi connectivity index (χ0) is 16.2. The van der Waals surface area contributed by atoms with Crippen molar-refractivity contribution in [2.75, 3.05) is 5.32 Å². The van der Waals surface area contributed by atoms with Gasteiger partial charge in [-0.2, -0.15) is 0 Å². The van der Waals surface area contributed by atoms with Gasteiger partial charge in [-0.1, -0.05) is 12.1 Å². The highest BCUT2D eigenvalue weighted by Gasteiger charge is 2.05. The number of anilines is 1. The second kappa shape index (κ2) is 6.37. The van der Waals surface area contributed by atoms with Crippen molar-refractivity contribution in [2.24, 2.45) is 0 Å². The van der Waals surface area contributed by atoms with Crippen molar-refractivity contribution in [2.45, 2.75) is 0 Å². The number of rotatable bonds is 4. The SMILES string of the molecule is O=C(/C=C/c1cccc([N+](=O)[O-])c1)Nc1ccc2scnc2c1. The van der Waals surface area contributed by atoms with Crippen LogP contribution in [0.25, 0.3) is 16.3 Å². The average Bonchev–Trinajstić information content (AvgIpc) is 3.01. The minimum absolute atomic E-state index is 0.0125. The van der Waals surface area contributed by atoms with Crippen molar-refractivity contribution in [1.82, 2.24) is 4.98 Å². The van der Waals surface area contributed by atoms with Gasteiger partial charge in [0.1, 0.15) is 0 Å². The number of nitro groups is 1. The molecular formula is C16H11N3O3S. The largest absolute Gasteiger partial charge is 0.322 e. The third-order valence-electron chi connectivity index (χ3n) is 3.11. The van der Waals surface area contributed by atoms with Crippen molar-refractivity contribution in [3.63, 3.8) is 0 Å². The van der Waals surface area contributed by atoms with E-state index in [1.807, 2.05) is 6.07 Å². The molecule has 1 aromatic heterocycles. The van der Waals surface area contributed by atoms with Gasteiger partial charge in [0.05, 0.1) is 20.7 Å². The highest BCUT2D eigenvalue weighted by molar-refractivity contribution is 7.16. The standard InChI is InChI=1S/C16H11N3O3S/c20-16(7-4-11-2-1-3-13(8-11)19(21)22)18-12-5-6-15-14(9-12)17-10-23-15/h1-10H,(H,18,20)/b7-4+. The summed E-state index contributed by atoms with van der Waals surface area (Å²) in [5.41, 5.74) is 3.80. The van der Waals surface area contributed by atoms with Gasteiger partial charge in [-0.05, 0) is 29.8 Å². The Balaban J connectivity index is 1.71. The van der Waals surface area contributed by atoms with E-state index in [1.165, 1.54) is 35.6 Å². The maximum Gasteiger partial charge on any atom is 0.270 e. The van der Waals surface area contributed by atoms with Gasteiger partial charge in [0.25, 0.3) is 5.69 Å². The first-order chi connectivity index (χ1) is 11.1. The molecule has 1 N–H and O–H groups in total. The lowest BCUT2D eigenvalue weighted by Gasteiger charge is -2.01. The van der Waals surface area contributed by atoms with E-state index in [0.717, 1.165) is 10.2 Å². The van der Waals surface area contributed by atoms with Crippen LogP contribution < -0.4 is 5.32 Å². The van der Waals surface area contributed by atoms with Crippen LogP contribution in [0.15, 0.2) is 54.1 Å². The summed E-state index contributed by atoms with van der Waals surface area (Å²) in [6.45, 7) is 0. The van der Waals surface area contributed by atoms with E-state index in [-0.39, 0.29) is 11.6 Å². The van der Waals surface area contributed by atoms with E-state index in [9.17, 15) is 14.9 Å². The summed E-state index contributed by atoms with van der Waals surface area (Å²) >= 11 is 1.53. The number of non-ortho nitro benzene ring substituents is 1. The molecule has 0 atom stereocenters. The molecule has 0 aliphatic heterocycles. The van der Waals surface area contributed by atoms with Gasteiger partial charge in [0, 0.05) is 23.9 Å². The number of aromatic nitrogens is 1. The molecule has 3 rings (SSSR count). The molecule has 0 bridgehead atoms. The lowest BCUT2D eigenvalue weighted by atomic mass is 10.2. The molecule has 23 heavy (non-hydrogen) atoms. The molecule has 1 amide bonds. The zero-order valence-electron chi connectivity index (χ0n) is 11.8. The summed E-state index contributed by atoms with van der Waals surface area (Å²) in [5.74, 6) is -0.314. The van der Waals surface area contributed by atoms with Crippen LogP contribution in [0.5, 0.6) is 0 Å². The van der Waals surface area contributed by atoms with Crippen LogP contribution in [0, 0.1) is 10.1 Å². The van der Waals surface area contributed by atoms with Crippen LogP contribution in [0.4, 0.5) is 11.4 Å². The average molecular weight is 325 g/mol. The second-order valence-electron chi connectivity index (χ2n) is 4.71. The van der Waals surface area contributed by atoms with Crippen LogP contribution in [-0.2, 0) is 4.79 Å². The Bertz CT molecular complexity index is 918. The summed E-state index contributed by atoms with van der Waals surface area (Å²) < 4.78 is 1.05. The van der Waals surface area contributed by atoms with Gasteiger partial charge in [0.15, 0.2) is 0 Å². The van der Waals surface area contributed by atoms with Crippen molar-refractivity contribution in [3.8, 4) is 0 Å². The molecule has 3 aromatic rings. The third kappa shape index (κ3) is 3.58. The quantitative estimate of drug-likeness (QED) is 0.448. The Morgan fingerprint density at radius 1 is 1.26 bits per heavy atom.